The molecule has 21 heavy (non-hydrogen) atoms. The summed E-state index contributed by atoms with van der Waals surface area (Å²) in [4.78, 5) is 0. The highest BCUT2D eigenvalue weighted by atomic mass is 79.9. The molecule has 0 bridgehead atoms. The van der Waals surface area contributed by atoms with Crippen LogP contribution in [-0.2, 0) is 10.9 Å². The Kier molecular flexibility index (Phi) is 4.87. The third-order valence-corrected chi connectivity index (χ3v) is 5.36. The van der Waals surface area contributed by atoms with Gasteiger partial charge in [-0.2, -0.15) is 0 Å². The third kappa shape index (κ3) is 3.69. The van der Waals surface area contributed by atoms with Gasteiger partial charge in [-0.05, 0) is 57.8 Å². The topological polar surface area (TPSA) is 30.7 Å². The van der Waals surface area contributed by atoms with E-state index in [0.29, 0.717) is 11.3 Å². The lowest BCUT2D eigenvalue weighted by Crippen LogP contribution is -2.30. The number of aromatic nitrogens is 3. The Labute approximate surface area is 138 Å². The quantitative estimate of drug-likeness (QED) is 0.678. The van der Waals surface area contributed by atoms with Crippen molar-refractivity contribution in [1.29, 1.82) is 0 Å². The van der Waals surface area contributed by atoms with Gasteiger partial charge in [-0.15, -0.1) is 10.2 Å². The molecule has 1 aliphatic carbocycles. The molecule has 0 aliphatic heterocycles. The maximum absolute atomic E-state index is 4.55. The van der Waals surface area contributed by atoms with Crippen molar-refractivity contribution < 1.29 is 0 Å². The van der Waals surface area contributed by atoms with Crippen LogP contribution in [0, 0.1) is 11.3 Å². The molecular weight excluding hydrogens is 326 g/mol. The van der Waals surface area contributed by atoms with E-state index in [4.69, 9.17) is 0 Å². The molecule has 1 aromatic heterocycles. The van der Waals surface area contributed by atoms with Gasteiger partial charge in [-0.3, -0.25) is 0 Å². The zero-order chi connectivity index (χ0) is 15.8. The Hall–Kier alpha value is -0.380. The second kappa shape index (κ2) is 6.02. The Balaban J connectivity index is 2.20. The van der Waals surface area contributed by atoms with Gasteiger partial charge < -0.3 is 4.57 Å². The molecule has 0 spiro atoms. The highest BCUT2D eigenvalue weighted by molar-refractivity contribution is 9.08. The molecule has 0 atom stereocenters. The molecule has 1 fully saturated rings. The predicted molar refractivity (Wildman–Crippen MR) is 91.8 cm³/mol. The van der Waals surface area contributed by atoms with E-state index in [-0.39, 0.29) is 5.54 Å². The maximum Gasteiger partial charge on any atom is 0.144 e. The minimum atomic E-state index is 0.0445. The largest absolute Gasteiger partial charge is 0.309 e. The van der Waals surface area contributed by atoms with Crippen LogP contribution in [-0.4, -0.2) is 14.8 Å². The zero-order valence-corrected chi connectivity index (χ0v) is 16.0. The standard InChI is InChI=1S/C17H30BrN3/c1-16(2,3)13-9-7-12(8-10-13)15-20-19-14(11-18)21(15)17(4,5)6/h12-13H,7-11H2,1-6H3. The smallest absolute Gasteiger partial charge is 0.144 e. The van der Waals surface area contributed by atoms with Crippen molar-refractivity contribution in [3.05, 3.63) is 11.6 Å². The summed E-state index contributed by atoms with van der Waals surface area (Å²) in [5.74, 6) is 3.67. The second-order valence-corrected chi connectivity index (χ2v) is 9.09. The summed E-state index contributed by atoms with van der Waals surface area (Å²) in [7, 11) is 0. The van der Waals surface area contributed by atoms with Crippen molar-refractivity contribution in [1.82, 2.24) is 14.8 Å². The Morgan fingerprint density at radius 1 is 1.00 bits per heavy atom. The van der Waals surface area contributed by atoms with Crippen molar-refractivity contribution in [3.8, 4) is 0 Å². The number of nitrogens with zero attached hydrogens (tertiary/aromatic N) is 3. The number of hydrogen-bond acceptors (Lipinski definition) is 2. The lowest BCUT2D eigenvalue weighted by Gasteiger charge is -2.37. The number of rotatable bonds is 2. The molecule has 0 unspecified atom stereocenters. The van der Waals surface area contributed by atoms with Gasteiger partial charge in [0.15, 0.2) is 0 Å². The van der Waals surface area contributed by atoms with Gasteiger partial charge in [0.2, 0.25) is 0 Å². The molecule has 1 saturated carbocycles. The summed E-state index contributed by atoms with van der Waals surface area (Å²) in [5.41, 5.74) is 0.479. The van der Waals surface area contributed by atoms with Crippen molar-refractivity contribution in [2.75, 3.05) is 0 Å². The molecule has 4 heteroatoms. The fourth-order valence-corrected chi connectivity index (χ4v) is 3.99. The lowest BCUT2D eigenvalue weighted by molar-refractivity contribution is 0.164. The van der Waals surface area contributed by atoms with Crippen LogP contribution in [0.25, 0.3) is 0 Å². The first-order valence-electron chi connectivity index (χ1n) is 8.15. The van der Waals surface area contributed by atoms with E-state index in [1.54, 1.807) is 0 Å². The van der Waals surface area contributed by atoms with Crippen molar-refractivity contribution >= 4 is 15.9 Å². The molecular formula is C17H30BrN3. The molecule has 1 heterocycles. The average Bonchev–Trinajstić information content (AvgIpc) is 2.81. The summed E-state index contributed by atoms with van der Waals surface area (Å²) in [5, 5.41) is 9.73. The predicted octanol–water partition coefficient (Wildman–Crippen LogP) is 5.25. The first-order chi connectivity index (χ1) is 9.64. The van der Waals surface area contributed by atoms with Crippen LogP contribution in [0.15, 0.2) is 0 Å². The molecule has 3 nitrogen and oxygen atoms in total. The molecule has 120 valence electrons. The molecule has 0 radical (unpaired) electrons. The van der Waals surface area contributed by atoms with E-state index in [1.165, 1.54) is 31.5 Å². The lowest BCUT2D eigenvalue weighted by atomic mass is 9.69. The molecule has 1 aromatic rings. The number of halogens is 1. The Bertz CT molecular complexity index is 471. The van der Waals surface area contributed by atoms with Crippen LogP contribution in [0.2, 0.25) is 0 Å². The molecule has 1 aliphatic rings. The van der Waals surface area contributed by atoms with Gasteiger partial charge in [-0.25, -0.2) is 0 Å². The van der Waals surface area contributed by atoms with Crippen molar-refractivity contribution in [3.63, 3.8) is 0 Å². The van der Waals surface area contributed by atoms with E-state index in [2.05, 4.69) is 72.2 Å². The first kappa shape index (κ1) is 17.0. The van der Waals surface area contributed by atoms with E-state index < -0.39 is 0 Å². The first-order valence-corrected chi connectivity index (χ1v) is 9.27. The average molecular weight is 356 g/mol. The summed E-state index contributed by atoms with van der Waals surface area (Å²) in [6, 6.07) is 0. The summed E-state index contributed by atoms with van der Waals surface area (Å²) < 4.78 is 2.35. The molecule has 0 aromatic carbocycles. The van der Waals surface area contributed by atoms with E-state index in [0.717, 1.165) is 17.1 Å². The summed E-state index contributed by atoms with van der Waals surface area (Å²) in [6.45, 7) is 13.8. The molecule has 2 rings (SSSR count). The van der Waals surface area contributed by atoms with Gasteiger partial charge in [0.1, 0.15) is 11.6 Å². The van der Waals surface area contributed by atoms with Gasteiger partial charge in [0.25, 0.3) is 0 Å². The van der Waals surface area contributed by atoms with Crippen LogP contribution in [0.1, 0.15) is 84.8 Å². The minimum Gasteiger partial charge on any atom is -0.309 e. The summed E-state index contributed by atoms with van der Waals surface area (Å²) >= 11 is 3.55. The number of hydrogen-bond donors (Lipinski definition) is 0. The zero-order valence-electron chi connectivity index (χ0n) is 14.4. The van der Waals surface area contributed by atoms with Crippen molar-refractivity contribution in [2.24, 2.45) is 11.3 Å². The fourth-order valence-electron chi connectivity index (χ4n) is 3.63. The number of alkyl halides is 1. The highest BCUT2D eigenvalue weighted by Gasteiger charge is 2.34. The Morgan fingerprint density at radius 3 is 2.00 bits per heavy atom. The molecule has 0 amide bonds. The SMILES string of the molecule is CC(C)(C)C1CCC(c2nnc(CBr)n2C(C)(C)C)CC1. The third-order valence-electron chi connectivity index (χ3n) is 4.86. The fraction of sp³-hybridized carbons (Fsp3) is 0.882. The van der Waals surface area contributed by atoms with Gasteiger partial charge in [-0.1, -0.05) is 36.7 Å². The minimum absolute atomic E-state index is 0.0445. The van der Waals surface area contributed by atoms with Crippen LogP contribution < -0.4 is 0 Å². The van der Waals surface area contributed by atoms with Crippen LogP contribution in [0.4, 0.5) is 0 Å². The Morgan fingerprint density at radius 2 is 1.57 bits per heavy atom. The van der Waals surface area contributed by atoms with Gasteiger partial charge >= 0.3 is 0 Å². The summed E-state index contributed by atoms with van der Waals surface area (Å²) in [6.07, 6.45) is 5.13. The van der Waals surface area contributed by atoms with Crippen LogP contribution in [0.5, 0.6) is 0 Å². The van der Waals surface area contributed by atoms with E-state index >= 15 is 0 Å². The normalized spacial score (nSPS) is 24.3. The molecule has 0 N–H and O–H groups in total. The monoisotopic (exact) mass is 355 g/mol. The van der Waals surface area contributed by atoms with Crippen LogP contribution >= 0.6 is 15.9 Å². The van der Waals surface area contributed by atoms with E-state index in [9.17, 15) is 0 Å². The molecule has 0 saturated heterocycles. The van der Waals surface area contributed by atoms with Crippen LogP contribution in [0.3, 0.4) is 0 Å². The van der Waals surface area contributed by atoms with Gasteiger partial charge in [0, 0.05) is 11.5 Å². The van der Waals surface area contributed by atoms with Gasteiger partial charge in [0.05, 0.1) is 5.33 Å². The maximum atomic E-state index is 4.55. The highest BCUT2D eigenvalue weighted by Crippen LogP contribution is 2.43. The van der Waals surface area contributed by atoms with Crippen molar-refractivity contribution in [2.45, 2.75) is 84.0 Å². The van der Waals surface area contributed by atoms with E-state index in [1.807, 2.05) is 0 Å². The second-order valence-electron chi connectivity index (χ2n) is 8.53.